The van der Waals surface area contributed by atoms with Crippen LogP contribution in [-0.4, -0.2) is 41.6 Å². The van der Waals surface area contributed by atoms with E-state index in [1.54, 1.807) is 24.3 Å². The zero-order chi connectivity index (χ0) is 22.6. The Morgan fingerprint density at radius 3 is 2.07 bits per heavy atom. The maximum absolute atomic E-state index is 13.1. The average Bonchev–Trinajstić information content (AvgIpc) is 2.63. The van der Waals surface area contributed by atoms with E-state index >= 15 is 0 Å². The number of carbonyl (C=O) groups is 3. The van der Waals surface area contributed by atoms with Crippen molar-refractivity contribution in [3.63, 3.8) is 0 Å². The van der Waals surface area contributed by atoms with Crippen molar-refractivity contribution < 1.29 is 29.0 Å². The maximum Gasteiger partial charge on any atom is 0.317 e. The average molecular weight is 483 g/mol. The fourth-order valence-corrected chi connectivity index (χ4v) is 4.04. The molecule has 1 aliphatic carbocycles. The Hall–Kier alpha value is -1.73. The van der Waals surface area contributed by atoms with Gasteiger partial charge in [-0.25, -0.2) is 0 Å². The zero-order valence-corrected chi connectivity index (χ0v) is 19.8. The van der Waals surface area contributed by atoms with Crippen molar-refractivity contribution in [2.45, 2.75) is 52.6 Å². The number of Topliss-reactive ketones (excluding diaryl/α,β-unsaturated/α-hetero) is 1. The van der Waals surface area contributed by atoms with Crippen LogP contribution in [0.4, 0.5) is 0 Å². The third-order valence-electron chi connectivity index (χ3n) is 5.15. The summed E-state index contributed by atoms with van der Waals surface area (Å²) in [4.78, 5) is 38.9. The second kappa shape index (κ2) is 10.1. The van der Waals surface area contributed by atoms with Gasteiger partial charge < -0.3 is 14.6 Å². The summed E-state index contributed by atoms with van der Waals surface area (Å²) in [5.41, 5.74) is -1.04. The van der Waals surface area contributed by atoms with Crippen molar-refractivity contribution in [1.29, 1.82) is 0 Å². The van der Waals surface area contributed by atoms with Gasteiger partial charge in [-0.15, -0.1) is 0 Å². The van der Waals surface area contributed by atoms with Gasteiger partial charge >= 0.3 is 11.9 Å². The summed E-state index contributed by atoms with van der Waals surface area (Å²) in [7, 11) is 0. The van der Waals surface area contributed by atoms with Gasteiger partial charge in [-0.3, -0.25) is 14.4 Å². The van der Waals surface area contributed by atoms with Crippen LogP contribution in [0, 0.1) is 23.7 Å². The van der Waals surface area contributed by atoms with E-state index in [2.05, 4.69) is 15.9 Å². The molecule has 7 heteroatoms. The molecule has 0 bridgehead atoms. The van der Waals surface area contributed by atoms with Gasteiger partial charge in [-0.2, -0.15) is 0 Å². The van der Waals surface area contributed by atoms with Gasteiger partial charge in [0.05, 0.1) is 24.7 Å². The van der Waals surface area contributed by atoms with Crippen LogP contribution in [0.3, 0.4) is 0 Å². The molecule has 1 N–H and O–H groups in total. The third-order valence-corrected chi connectivity index (χ3v) is 5.68. The largest absolute Gasteiger partial charge is 0.465 e. The highest BCUT2D eigenvalue weighted by Gasteiger charge is 2.57. The highest BCUT2D eigenvalue weighted by Crippen LogP contribution is 2.47. The monoisotopic (exact) mass is 482 g/mol. The first-order valence-corrected chi connectivity index (χ1v) is 11.1. The lowest BCUT2D eigenvalue weighted by Crippen LogP contribution is -2.55. The van der Waals surface area contributed by atoms with Crippen LogP contribution >= 0.6 is 15.9 Å². The molecule has 1 aromatic carbocycles. The number of ketones is 1. The molecule has 0 aliphatic heterocycles. The summed E-state index contributed by atoms with van der Waals surface area (Å²) in [6.45, 7) is 9.44. The number of esters is 2. The molecule has 0 aromatic heterocycles. The number of hydrogen-bond donors (Lipinski definition) is 1. The van der Waals surface area contributed by atoms with Crippen molar-refractivity contribution in [3.05, 3.63) is 34.3 Å². The lowest BCUT2D eigenvalue weighted by atomic mass is 9.62. The number of rotatable bonds is 7. The quantitative estimate of drug-likeness (QED) is 0.468. The number of ether oxygens (including phenoxy) is 2. The Morgan fingerprint density at radius 2 is 1.57 bits per heavy atom. The summed E-state index contributed by atoms with van der Waals surface area (Å²) < 4.78 is 11.6. The van der Waals surface area contributed by atoms with Crippen LogP contribution in [0.2, 0.25) is 0 Å². The highest BCUT2D eigenvalue weighted by atomic mass is 79.9. The Morgan fingerprint density at radius 1 is 1.07 bits per heavy atom. The lowest BCUT2D eigenvalue weighted by molar-refractivity contribution is -0.173. The molecule has 0 radical (unpaired) electrons. The van der Waals surface area contributed by atoms with Crippen LogP contribution in [0.25, 0.3) is 0 Å². The van der Waals surface area contributed by atoms with Crippen molar-refractivity contribution in [1.82, 2.24) is 0 Å². The number of halogens is 1. The Kier molecular flexibility index (Phi) is 8.22. The Bertz CT molecular complexity index is 768. The molecular weight excluding hydrogens is 452 g/mol. The second-order valence-corrected chi connectivity index (χ2v) is 10.00. The van der Waals surface area contributed by atoms with Gasteiger partial charge in [0.25, 0.3) is 0 Å². The molecule has 166 valence electrons. The fraction of sp³-hybridized carbons (Fsp3) is 0.609. The summed E-state index contributed by atoms with van der Waals surface area (Å²) in [6.07, 6.45) is -0.317. The van der Waals surface area contributed by atoms with Gasteiger partial charge in [0, 0.05) is 16.8 Å². The molecule has 1 aromatic rings. The fourth-order valence-electron chi connectivity index (χ4n) is 3.78. The standard InChI is InChI=1S/C23H31BrO6/c1-13(2)11-29-21(26)19-17(25)10-23(5,28)20(22(27)30-12-14(3)4)18(19)15-6-8-16(24)9-7-15/h6-9,13-14,18-20,28H,10-12H2,1-5H3. The molecule has 0 saturated heterocycles. The smallest absolute Gasteiger partial charge is 0.317 e. The summed E-state index contributed by atoms with van der Waals surface area (Å²) in [5, 5.41) is 11.1. The van der Waals surface area contributed by atoms with E-state index in [0.717, 1.165) is 4.47 Å². The molecule has 1 fully saturated rings. The lowest BCUT2D eigenvalue weighted by Gasteiger charge is -2.43. The normalized spacial score (nSPS) is 26.7. The van der Waals surface area contributed by atoms with Crippen LogP contribution < -0.4 is 0 Å². The predicted molar refractivity (Wildman–Crippen MR) is 116 cm³/mol. The topological polar surface area (TPSA) is 89.9 Å². The molecule has 0 heterocycles. The van der Waals surface area contributed by atoms with Crippen molar-refractivity contribution in [2.24, 2.45) is 23.7 Å². The molecule has 4 unspecified atom stereocenters. The summed E-state index contributed by atoms with van der Waals surface area (Å²) in [6, 6.07) is 7.04. The SMILES string of the molecule is CC(C)COC(=O)C1C(=O)CC(C)(O)C(C(=O)OCC(C)C)C1c1ccc(Br)cc1. The van der Waals surface area contributed by atoms with Gasteiger partial charge in [-0.05, 0) is 36.5 Å². The summed E-state index contributed by atoms with van der Waals surface area (Å²) in [5.74, 6) is -4.64. The van der Waals surface area contributed by atoms with Gasteiger partial charge in [-0.1, -0.05) is 55.8 Å². The van der Waals surface area contributed by atoms with Gasteiger partial charge in [0.15, 0.2) is 5.78 Å². The first-order chi connectivity index (χ1) is 13.9. The molecule has 1 aliphatic rings. The molecular formula is C23H31BrO6. The number of benzene rings is 1. The second-order valence-electron chi connectivity index (χ2n) is 9.08. The zero-order valence-electron chi connectivity index (χ0n) is 18.2. The number of carbonyl (C=O) groups excluding carboxylic acids is 3. The van der Waals surface area contributed by atoms with Crippen molar-refractivity contribution in [2.75, 3.05) is 13.2 Å². The van der Waals surface area contributed by atoms with Crippen LogP contribution in [0.5, 0.6) is 0 Å². The van der Waals surface area contributed by atoms with Crippen LogP contribution in [0.15, 0.2) is 28.7 Å². The minimum Gasteiger partial charge on any atom is -0.465 e. The first-order valence-electron chi connectivity index (χ1n) is 10.3. The third kappa shape index (κ3) is 5.91. The summed E-state index contributed by atoms with van der Waals surface area (Å²) >= 11 is 3.37. The van der Waals surface area contributed by atoms with Crippen molar-refractivity contribution >= 4 is 33.7 Å². The molecule has 0 amide bonds. The van der Waals surface area contributed by atoms with E-state index in [9.17, 15) is 19.5 Å². The van der Waals surface area contributed by atoms with E-state index in [0.29, 0.717) is 5.56 Å². The Balaban J connectivity index is 2.51. The predicted octanol–water partition coefficient (Wildman–Crippen LogP) is 3.89. The molecule has 6 nitrogen and oxygen atoms in total. The van der Waals surface area contributed by atoms with E-state index in [-0.39, 0.29) is 31.5 Å². The molecule has 30 heavy (non-hydrogen) atoms. The molecule has 0 spiro atoms. The van der Waals surface area contributed by atoms with E-state index in [1.165, 1.54) is 6.92 Å². The maximum atomic E-state index is 13.1. The Labute approximate surface area is 186 Å². The first kappa shape index (κ1) is 24.5. The van der Waals surface area contributed by atoms with Crippen molar-refractivity contribution in [3.8, 4) is 0 Å². The van der Waals surface area contributed by atoms with Gasteiger partial charge in [0.2, 0.25) is 0 Å². The van der Waals surface area contributed by atoms with E-state index < -0.39 is 41.1 Å². The van der Waals surface area contributed by atoms with Gasteiger partial charge in [0.1, 0.15) is 5.92 Å². The van der Waals surface area contributed by atoms with E-state index in [4.69, 9.17) is 9.47 Å². The number of aliphatic hydroxyl groups is 1. The van der Waals surface area contributed by atoms with Crippen LogP contribution in [-0.2, 0) is 23.9 Å². The van der Waals surface area contributed by atoms with Crippen LogP contribution in [0.1, 0.15) is 52.5 Å². The molecule has 2 rings (SSSR count). The minimum atomic E-state index is -1.64. The minimum absolute atomic E-state index is 0.105. The molecule has 4 atom stereocenters. The highest BCUT2D eigenvalue weighted by molar-refractivity contribution is 9.10. The van der Waals surface area contributed by atoms with E-state index in [1.807, 2.05) is 27.7 Å². The number of hydrogen-bond acceptors (Lipinski definition) is 6. The molecule has 1 saturated carbocycles.